The molecule has 0 bridgehead atoms. The molecule has 170 valence electrons. The summed E-state index contributed by atoms with van der Waals surface area (Å²) in [7, 11) is 5.01. The summed E-state index contributed by atoms with van der Waals surface area (Å²) in [5.41, 5.74) is 8.40. The molecule has 1 unspecified atom stereocenters. The number of hydrogen-bond donors (Lipinski definition) is 2. The molecule has 1 saturated heterocycles. The van der Waals surface area contributed by atoms with E-state index in [0.29, 0.717) is 11.9 Å². The van der Waals surface area contributed by atoms with Crippen LogP contribution in [-0.2, 0) is 6.42 Å². The molecule has 0 radical (unpaired) electrons. The van der Waals surface area contributed by atoms with Crippen LogP contribution in [-0.4, -0.2) is 53.5 Å². The molecule has 2 aromatic rings. The van der Waals surface area contributed by atoms with Crippen molar-refractivity contribution in [3.8, 4) is 17.2 Å². The van der Waals surface area contributed by atoms with E-state index in [2.05, 4.69) is 27.3 Å². The first kappa shape index (κ1) is 24.9. The summed E-state index contributed by atoms with van der Waals surface area (Å²) in [6, 6.07) is 14.0. The van der Waals surface area contributed by atoms with Crippen LogP contribution in [0.5, 0.6) is 17.2 Å². The molecule has 1 aliphatic heterocycles. The first-order valence-electron chi connectivity index (χ1n) is 10.3. The molecule has 7 nitrogen and oxygen atoms in total. The van der Waals surface area contributed by atoms with Crippen LogP contribution in [0.25, 0.3) is 0 Å². The second-order valence-corrected chi connectivity index (χ2v) is 7.42. The fourth-order valence-electron chi connectivity index (χ4n) is 3.60. The van der Waals surface area contributed by atoms with Gasteiger partial charge in [0.15, 0.2) is 5.96 Å². The van der Waals surface area contributed by atoms with Crippen molar-refractivity contribution in [3.63, 3.8) is 0 Å². The lowest BCUT2D eigenvalue weighted by atomic mass is 10.1. The highest BCUT2D eigenvalue weighted by Crippen LogP contribution is 2.31. The van der Waals surface area contributed by atoms with E-state index in [-0.39, 0.29) is 24.0 Å². The van der Waals surface area contributed by atoms with Gasteiger partial charge in [-0.15, -0.1) is 24.0 Å². The highest BCUT2D eigenvalue weighted by Gasteiger charge is 2.23. The Hall–Kier alpha value is -2.36. The van der Waals surface area contributed by atoms with E-state index in [1.165, 1.54) is 5.56 Å². The number of nitrogens with two attached hydrogens (primary N) is 1. The summed E-state index contributed by atoms with van der Waals surface area (Å²) >= 11 is 0. The Morgan fingerprint density at radius 2 is 1.68 bits per heavy atom. The number of aliphatic imine (C=N–C) groups is 1. The van der Waals surface area contributed by atoms with E-state index in [1.807, 2.05) is 30.3 Å². The topological polar surface area (TPSA) is 81.3 Å². The summed E-state index contributed by atoms with van der Waals surface area (Å²) in [6.07, 6.45) is 1.97. The lowest BCUT2D eigenvalue weighted by Gasteiger charge is -2.20. The van der Waals surface area contributed by atoms with Crippen LogP contribution in [0.3, 0.4) is 0 Å². The molecule has 1 heterocycles. The molecule has 0 aromatic heterocycles. The Labute approximate surface area is 202 Å². The van der Waals surface area contributed by atoms with Crippen LogP contribution < -0.4 is 30.2 Å². The Balaban J connectivity index is 0.00000341. The molecule has 0 amide bonds. The van der Waals surface area contributed by atoms with Gasteiger partial charge >= 0.3 is 0 Å². The van der Waals surface area contributed by atoms with Crippen molar-refractivity contribution in [1.82, 2.24) is 5.32 Å². The maximum absolute atomic E-state index is 6.06. The highest BCUT2D eigenvalue weighted by molar-refractivity contribution is 14.0. The SMILES string of the molecule is COc1ccc(CCNC(N)=NCC2CCN(c3cc(OC)cc(OC)c3)C2)cc1.I. The average molecular weight is 540 g/mol. The number of methoxy groups -OCH3 is 3. The van der Waals surface area contributed by atoms with E-state index in [9.17, 15) is 0 Å². The predicted octanol–water partition coefficient (Wildman–Crippen LogP) is 3.30. The van der Waals surface area contributed by atoms with Gasteiger partial charge in [0, 0.05) is 50.1 Å². The molecule has 0 aliphatic carbocycles. The smallest absolute Gasteiger partial charge is 0.188 e. The van der Waals surface area contributed by atoms with Gasteiger partial charge in [0.05, 0.1) is 21.3 Å². The molecule has 1 aliphatic rings. The van der Waals surface area contributed by atoms with Crippen LogP contribution in [0.4, 0.5) is 5.69 Å². The number of rotatable bonds is 9. The predicted molar refractivity (Wildman–Crippen MR) is 136 cm³/mol. The monoisotopic (exact) mass is 540 g/mol. The van der Waals surface area contributed by atoms with Gasteiger partial charge in [-0.05, 0) is 36.5 Å². The van der Waals surface area contributed by atoms with Crippen molar-refractivity contribution < 1.29 is 14.2 Å². The number of anilines is 1. The molecule has 0 saturated carbocycles. The number of hydrogen-bond acceptors (Lipinski definition) is 5. The Morgan fingerprint density at radius 1 is 1.03 bits per heavy atom. The maximum Gasteiger partial charge on any atom is 0.188 e. The van der Waals surface area contributed by atoms with Gasteiger partial charge < -0.3 is 30.2 Å². The molecule has 2 aromatic carbocycles. The van der Waals surface area contributed by atoms with Crippen molar-refractivity contribution in [1.29, 1.82) is 0 Å². The molecule has 1 atom stereocenters. The van der Waals surface area contributed by atoms with Crippen LogP contribution in [0.2, 0.25) is 0 Å². The van der Waals surface area contributed by atoms with Crippen LogP contribution >= 0.6 is 24.0 Å². The normalized spacial score (nSPS) is 15.9. The standard InChI is InChI=1S/C23H32N4O3.HI/c1-28-20-6-4-17(5-7-20)8-10-25-23(24)26-15-18-9-11-27(16-18)19-12-21(29-2)14-22(13-19)30-3;/h4-7,12-14,18H,8-11,15-16H2,1-3H3,(H3,24,25,26);1H. The summed E-state index contributed by atoms with van der Waals surface area (Å²) < 4.78 is 15.9. The third-order valence-electron chi connectivity index (χ3n) is 5.39. The third-order valence-corrected chi connectivity index (χ3v) is 5.39. The van der Waals surface area contributed by atoms with Gasteiger partial charge in [0.25, 0.3) is 0 Å². The zero-order valence-corrected chi connectivity index (χ0v) is 20.8. The number of nitrogens with zero attached hydrogens (tertiary/aromatic N) is 2. The molecule has 1 fully saturated rings. The highest BCUT2D eigenvalue weighted by atomic mass is 127. The molecule has 31 heavy (non-hydrogen) atoms. The zero-order valence-electron chi connectivity index (χ0n) is 18.5. The minimum absolute atomic E-state index is 0. The summed E-state index contributed by atoms with van der Waals surface area (Å²) in [5.74, 6) is 3.45. The van der Waals surface area contributed by atoms with E-state index >= 15 is 0 Å². The minimum Gasteiger partial charge on any atom is -0.497 e. The number of halogens is 1. The van der Waals surface area contributed by atoms with E-state index in [0.717, 1.165) is 62.0 Å². The van der Waals surface area contributed by atoms with Gasteiger partial charge in [-0.25, -0.2) is 0 Å². The van der Waals surface area contributed by atoms with Crippen molar-refractivity contribution in [2.45, 2.75) is 12.8 Å². The fraction of sp³-hybridized carbons (Fsp3) is 0.435. The second-order valence-electron chi connectivity index (χ2n) is 7.42. The van der Waals surface area contributed by atoms with Crippen molar-refractivity contribution in [2.75, 3.05) is 52.4 Å². The van der Waals surface area contributed by atoms with Gasteiger partial charge in [-0.1, -0.05) is 12.1 Å². The molecule has 3 N–H and O–H groups in total. The van der Waals surface area contributed by atoms with Gasteiger partial charge in [-0.3, -0.25) is 4.99 Å². The van der Waals surface area contributed by atoms with Gasteiger partial charge in [-0.2, -0.15) is 0 Å². The summed E-state index contributed by atoms with van der Waals surface area (Å²) in [5, 5.41) is 3.21. The molecular formula is C23H33IN4O3. The van der Waals surface area contributed by atoms with E-state index in [1.54, 1.807) is 21.3 Å². The Kier molecular flexibility index (Phi) is 10.0. The molecule has 3 rings (SSSR count). The number of guanidine groups is 1. The van der Waals surface area contributed by atoms with E-state index in [4.69, 9.17) is 19.9 Å². The average Bonchev–Trinajstić information content (AvgIpc) is 3.27. The number of benzene rings is 2. The Bertz CT molecular complexity index is 823. The Morgan fingerprint density at radius 3 is 2.29 bits per heavy atom. The summed E-state index contributed by atoms with van der Waals surface area (Å²) in [6.45, 7) is 3.40. The second kappa shape index (κ2) is 12.5. The maximum atomic E-state index is 6.06. The largest absolute Gasteiger partial charge is 0.497 e. The third kappa shape index (κ3) is 7.37. The van der Waals surface area contributed by atoms with Crippen molar-refractivity contribution in [2.24, 2.45) is 16.6 Å². The zero-order chi connectivity index (χ0) is 21.3. The first-order valence-corrected chi connectivity index (χ1v) is 10.3. The lowest BCUT2D eigenvalue weighted by Crippen LogP contribution is -2.34. The quantitative estimate of drug-likeness (QED) is 0.289. The van der Waals surface area contributed by atoms with Crippen LogP contribution in [0.15, 0.2) is 47.5 Å². The van der Waals surface area contributed by atoms with Crippen molar-refractivity contribution >= 4 is 35.6 Å². The van der Waals surface area contributed by atoms with Crippen LogP contribution in [0, 0.1) is 5.92 Å². The number of ether oxygens (including phenoxy) is 3. The fourth-order valence-corrected chi connectivity index (χ4v) is 3.60. The minimum atomic E-state index is 0. The van der Waals surface area contributed by atoms with Gasteiger partial charge in [0.1, 0.15) is 17.2 Å². The number of nitrogens with one attached hydrogen (secondary N) is 1. The van der Waals surface area contributed by atoms with Crippen molar-refractivity contribution in [3.05, 3.63) is 48.0 Å². The first-order chi connectivity index (χ1) is 14.6. The van der Waals surface area contributed by atoms with Crippen LogP contribution in [0.1, 0.15) is 12.0 Å². The van der Waals surface area contributed by atoms with E-state index < -0.39 is 0 Å². The molecule has 8 heteroatoms. The molecule has 0 spiro atoms. The summed E-state index contributed by atoms with van der Waals surface area (Å²) in [4.78, 5) is 6.89. The lowest BCUT2D eigenvalue weighted by molar-refractivity contribution is 0.394. The molecular weight excluding hydrogens is 507 g/mol. The van der Waals surface area contributed by atoms with Gasteiger partial charge in [0.2, 0.25) is 0 Å².